The molecule has 1 unspecified atom stereocenters. The number of rotatable bonds is 42. The SMILES string of the molecule is CC/C=C\C/C=C\C/C=C\CCCCC(=O)OC(COC(=O)CCC/C=C\C/C=C\C/C=C\CCCCCCCC)COC(=O)CCCCCCC/C=C\CCCCC. The van der Waals surface area contributed by atoms with Crippen molar-refractivity contribution in [2.75, 3.05) is 13.2 Å². The standard InChI is InChI=1S/C53H88O6/c1-4-7-10-13-16-19-22-25-26-27-28-29-32-34-37-40-43-46-52(55)58-49-50(59-53(56)47-44-41-38-35-31-24-21-18-15-12-9-6-3)48-57-51(54)45-42-39-36-33-30-23-20-17-14-11-8-5-2/h9,12,17-18,20-21,25-26,28-29,31,34-35,37,50H,4-8,10-11,13-16,19,22-24,27,30,32-33,36,38-49H2,1-3H3/b12-9-,20-17-,21-18-,26-25-,29-28-,35-31-,37-34-. The van der Waals surface area contributed by atoms with E-state index in [0.29, 0.717) is 19.3 Å². The Labute approximate surface area is 363 Å². The Morgan fingerprint density at radius 1 is 0.356 bits per heavy atom. The van der Waals surface area contributed by atoms with Crippen LogP contribution in [-0.2, 0) is 28.6 Å². The third-order valence-corrected chi connectivity index (χ3v) is 9.85. The molecular weight excluding hydrogens is 733 g/mol. The van der Waals surface area contributed by atoms with Gasteiger partial charge in [-0.25, -0.2) is 0 Å². The molecule has 0 aliphatic carbocycles. The van der Waals surface area contributed by atoms with E-state index in [1.807, 2.05) is 0 Å². The van der Waals surface area contributed by atoms with Gasteiger partial charge in [0.15, 0.2) is 6.10 Å². The number of unbranched alkanes of at least 4 members (excludes halogenated alkanes) is 17. The molecule has 0 fully saturated rings. The number of carbonyl (C=O) groups is 3. The van der Waals surface area contributed by atoms with Crippen molar-refractivity contribution < 1.29 is 28.6 Å². The van der Waals surface area contributed by atoms with Gasteiger partial charge in [-0.05, 0) is 109 Å². The lowest BCUT2D eigenvalue weighted by Gasteiger charge is -2.18. The van der Waals surface area contributed by atoms with Crippen molar-refractivity contribution in [2.45, 2.75) is 219 Å². The van der Waals surface area contributed by atoms with Gasteiger partial charge in [0.1, 0.15) is 13.2 Å². The smallest absolute Gasteiger partial charge is 0.306 e. The fraction of sp³-hybridized carbons (Fsp3) is 0.679. The first kappa shape index (κ1) is 55.6. The molecule has 6 nitrogen and oxygen atoms in total. The molecule has 336 valence electrons. The molecule has 0 aromatic carbocycles. The highest BCUT2D eigenvalue weighted by molar-refractivity contribution is 5.71. The van der Waals surface area contributed by atoms with Gasteiger partial charge in [-0.2, -0.15) is 0 Å². The number of hydrogen-bond acceptors (Lipinski definition) is 6. The largest absolute Gasteiger partial charge is 0.462 e. The molecule has 59 heavy (non-hydrogen) atoms. The van der Waals surface area contributed by atoms with Gasteiger partial charge in [-0.1, -0.05) is 170 Å². The van der Waals surface area contributed by atoms with Gasteiger partial charge in [-0.15, -0.1) is 0 Å². The maximum absolute atomic E-state index is 12.7. The number of allylic oxidation sites excluding steroid dienone is 14. The summed E-state index contributed by atoms with van der Waals surface area (Å²) in [5.41, 5.74) is 0. The molecule has 6 heteroatoms. The van der Waals surface area contributed by atoms with Gasteiger partial charge in [0.05, 0.1) is 0 Å². The van der Waals surface area contributed by atoms with E-state index >= 15 is 0 Å². The van der Waals surface area contributed by atoms with Crippen molar-refractivity contribution in [3.8, 4) is 0 Å². The predicted octanol–water partition coefficient (Wildman–Crippen LogP) is 15.6. The van der Waals surface area contributed by atoms with Crippen LogP contribution in [0.4, 0.5) is 0 Å². The van der Waals surface area contributed by atoms with Crippen molar-refractivity contribution in [2.24, 2.45) is 0 Å². The Hall–Kier alpha value is -3.41. The van der Waals surface area contributed by atoms with E-state index in [1.54, 1.807) is 0 Å². The molecule has 0 bridgehead atoms. The van der Waals surface area contributed by atoms with Crippen LogP contribution in [-0.4, -0.2) is 37.2 Å². The van der Waals surface area contributed by atoms with Gasteiger partial charge >= 0.3 is 17.9 Å². The Morgan fingerprint density at radius 3 is 1.19 bits per heavy atom. The quantitative estimate of drug-likeness (QED) is 0.0264. The fourth-order valence-electron chi connectivity index (χ4n) is 6.23. The highest BCUT2D eigenvalue weighted by atomic mass is 16.6. The van der Waals surface area contributed by atoms with E-state index in [0.717, 1.165) is 83.5 Å². The number of carbonyl (C=O) groups excluding carboxylic acids is 3. The van der Waals surface area contributed by atoms with Gasteiger partial charge < -0.3 is 14.2 Å². The minimum absolute atomic E-state index is 0.113. The summed E-state index contributed by atoms with van der Waals surface area (Å²) in [6.45, 7) is 6.38. The van der Waals surface area contributed by atoms with Crippen molar-refractivity contribution in [1.29, 1.82) is 0 Å². The van der Waals surface area contributed by atoms with Crippen LogP contribution in [0.15, 0.2) is 85.1 Å². The Bertz CT molecular complexity index is 1170. The summed E-state index contributed by atoms with van der Waals surface area (Å²) in [4.78, 5) is 37.8. The molecule has 0 amide bonds. The van der Waals surface area contributed by atoms with Crippen LogP contribution in [0, 0.1) is 0 Å². The predicted molar refractivity (Wildman–Crippen MR) is 251 cm³/mol. The van der Waals surface area contributed by atoms with E-state index < -0.39 is 6.10 Å². The minimum atomic E-state index is -0.818. The zero-order valence-corrected chi connectivity index (χ0v) is 38.2. The Kier molecular flexibility index (Phi) is 44.5. The van der Waals surface area contributed by atoms with E-state index in [1.165, 1.54) is 77.0 Å². The highest BCUT2D eigenvalue weighted by Gasteiger charge is 2.19. The first-order chi connectivity index (χ1) is 29.0. The molecule has 0 saturated carbocycles. The number of esters is 3. The molecule has 0 aromatic heterocycles. The van der Waals surface area contributed by atoms with Crippen molar-refractivity contribution in [1.82, 2.24) is 0 Å². The summed E-state index contributed by atoms with van der Waals surface area (Å²) >= 11 is 0. The minimum Gasteiger partial charge on any atom is -0.462 e. The second-order valence-electron chi connectivity index (χ2n) is 15.6. The summed E-state index contributed by atoms with van der Waals surface area (Å²) in [6.07, 6.45) is 60.1. The highest BCUT2D eigenvalue weighted by Crippen LogP contribution is 2.12. The van der Waals surface area contributed by atoms with E-state index in [-0.39, 0.29) is 44.0 Å². The van der Waals surface area contributed by atoms with Crippen LogP contribution in [0.1, 0.15) is 213 Å². The summed E-state index contributed by atoms with van der Waals surface area (Å²) in [6, 6.07) is 0. The first-order valence-corrected chi connectivity index (χ1v) is 24.1. The lowest BCUT2D eigenvalue weighted by molar-refractivity contribution is -0.167. The molecule has 0 aromatic rings. The molecule has 0 N–H and O–H groups in total. The lowest BCUT2D eigenvalue weighted by atomic mass is 10.1. The normalized spacial score (nSPS) is 12.8. The molecule has 0 heterocycles. The number of hydrogen-bond donors (Lipinski definition) is 0. The van der Waals surface area contributed by atoms with Crippen molar-refractivity contribution in [3.05, 3.63) is 85.1 Å². The molecular formula is C53H88O6. The number of ether oxygens (including phenoxy) is 3. The van der Waals surface area contributed by atoms with Crippen LogP contribution in [0.3, 0.4) is 0 Å². The molecule has 0 saturated heterocycles. The third kappa shape index (κ3) is 45.5. The van der Waals surface area contributed by atoms with E-state index in [2.05, 4.69) is 106 Å². The van der Waals surface area contributed by atoms with Crippen LogP contribution >= 0.6 is 0 Å². The molecule has 0 radical (unpaired) electrons. The van der Waals surface area contributed by atoms with Crippen molar-refractivity contribution in [3.63, 3.8) is 0 Å². The van der Waals surface area contributed by atoms with Crippen molar-refractivity contribution >= 4 is 17.9 Å². The van der Waals surface area contributed by atoms with Gasteiger partial charge in [0.25, 0.3) is 0 Å². The van der Waals surface area contributed by atoms with Crippen LogP contribution in [0.5, 0.6) is 0 Å². The molecule has 0 aliphatic rings. The summed E-state index contributed by atoms with van der Waals surface area (Å²) in [5.74, 6) is -1.02. The summed E-state index contributed by atoms with van der Waals surface area (Å²) in [7, 11) is 0. The van der Waals surface area contributed by atoms with E-state index in [9.17, 15) is 14.4 Å². The zero-order valence-electron chi connectivity index (χ0n) is 38.2. The first-order valence-electron chi connectivity index (χ1n) is 24.1. The average Bonchev–Trinajstić information content (AvgIpc) is 3.23. The van der Waals surface area contributed by atoms with Crippen LogP contribution < -0.4 is 0 Å². The lowest BCUT2D eigenvalue weighted by Crippen LogP contribution is -2.30. The molecule has 1 atom stereocenters. The second-order valence-corrected chi connectivity index (χ2v) is 15.6. The van der Waals surface area contributed by atoms with Gasteiger partial charge in [0.2, 0.25) is 0 Å². The Morgan fingerprint density at radius 2 is 0.678 bits per heavy atom. The second kappa shape index (κ2) is 47.3. The third-order valence-electron chi connectivity index (χ3n) is 9.85. The fourth-order valence-corrected chi connectivity index (χ4v) is 6.23. The van der Waals surface area contributed by atoms with E-state index in [4.69, 9.17) is 14.2 Å². The molecule has 0 aliphatic heterocycles. The van der Waals surface area contributed by atoms with Crippen LogP contribution in [0.25, 0.3) is 0 Å². The Balaban J connectivity index is 4.51. The van der Waals surface area contributed by atoms with Gasteiger partial charge in [-0.3, -0.25) is 14.4 Å². The molecule has 0 spiro atoms. The topological polar surface area (TPSA) is 78.9 Å². The average molecular weight is 821 g/mol. The monoisotopic (exact) mass is 821 g/mol. The molecule has 0 rings (SSSR count). The maximum atomic E-state index is 12.7. The van der Waals surface area contributed by atoms with Crippen LogP contribution in [0.2, 0.25) is 0 Å². The van der Waals surface area contributed by atoms with Gasteiger partial charge in [0, 0.05) is 19.3 Å². The summed E-state index contributed by atoms with van der Waals surface area (Å²) < 4.78 is 16.6. The maximum Gasteiger partial charge on any atom is 0.306 e. The summed E-state index contributed by atoms with van der Waals surface area (Å²) in [5, 5.41) is 0. The zero-order chi connectivity index (χ0) is 43.0.